The first kappa shape index (κ1) is 18.3. The molecule has 1 aromatic rings. The molecule has 2 rings (SSSR count). The summed E-state index contributed by atoms with van der Waals surface area (Å²) in [7, 11) is 0. The van der Waals surface area contributed by atoms with Crippen molar-refractivity contribution in [1.82, 2.24) is 0 Å². The molecule has 1 aliphatic heterocycles. The van der Waals surface area contributed by atoms with Gasteiger partial charge in [-0.05, 0) is 12.0 Å². The van der Waals surface area contributed by atoms with Crippen molar-refractivity contribution < 1.29 is 88.8 Å². The van der Waals surface area contributed by atoms with Gasteiger partial charge in [-0.25, -0.2) is 4.79 Å². The Kier molecular flexibility index (Phi) is 6.73. The van der Waals surface area contributed by atoms with Crippen LogP contribution in [0, 0.1) is 0 Å². The van der Waals surface area contributed by atoms with E-state index in [4.69, 9.17) is 9.76 Å². The van der Waals surface area contributed by atoms with E-state index in [1.54, 1.807) is 0 Å². The van der Waals surface area contributed by atoms with Crippen LogP contribution in [0.15, 0.2) is 12.1 Å². The molecule has 0 aliphatic carbocycles. The number of rotatable bonds is 1. The summed E-state index contributed by atoms with van der Waals surface area (Å²) in [4.78, 5) is 10.9. The van der Waals surface area contributed by atoms with Gasteiger partial charge in [0.05, 0.1) is 11.3 Å². The van der Waals surface area contributed by atoms with Crippen molar-refractivity contribution >= 4 is 12.7 Å². The molecular formula is C9H9BNa2O6. The van der Waals surface area contributed by atoms with E-state index in [1.807, 2.05) is 0 Å². The molecule has 1 aromatic carbocycles. The minimum atomic E-state index is -3.06. The molecule has 0 saturated carbocycles. The van der Waals surface area contributed by atoms with Gasteiger partial charge in [0.15, 0.2) is 0 Å². The van der Waals surface area contributed by atoms with Crippen molar-refractivity contribution in [3.05, 3.63) is 23.3 Å². The molecule has 0 fully saturated rings. The fourth-order valence-electron chi connectivity index (χ4n) is 1.73. The molecule has 86 valence electrons. The van der Waals surface area contributed by atoms with E-state index in [0.29, 0.717) is 5.56 Å². The van der Waals surface area contributed by atoms with Crippen molar-refractivity contribution in [1.29, 1.82) is 0 Å². The van der Waals surface area contributed by atoms with Crippen molar-refractivity contribution in [2.75, 3.05) is 0 Å². The SMILES string of the molecule is O=C(O)c1c([O-])ccc2c1O[B-](O)(O)CC2.[Na+].[Na+]. The second-order valence-electron chi connectivity index (χ2n) is 3.75. The summed E-state index contributed by atoms with van der Waals surface area (Å²) in [5, 5.41) is 38.8. The molecule has 3 N–H and O–H groups in total. The Labute approximate surface area is 148 Å². The van der Waals surface area contributed by atoms with E-state index in [2.05, 4.69) is 0 Å². The van der Waals surface area contributed by atoms with Gasteiger partial charge in [-0.3, -0.25) is 0 Å². The van der Waals surface area contributed by atoms with Crippen molar-refractivity contribution in [3.8, 4) is 11.5 Å². The Morgan fingerprint density at radius 2 is 1.94 bits per heavy atom. The quantitative estimate of drug-likeness (QED) is 0.437. The van der Waals surface area contributed by atoms with Crippen LogP contribution < -0.4 is 68.9 Å². The van der Waals surface area contributed by atoms with Gasteiger partial charge >= 0.3 is 71.8 Å². The number of hydrogen-bond acceptors (Lipinski definition) is 5. The van der Waals surface area contributed by atoms with E-state index in [9.17, 15) is 19.9 Å². The van der Waals surface area contributed by atoms with Gasteiger partial charge in [-0.1, -0.05) is 24.2 Å². The zero-order chi connectivity index (χ0) is 11.9. The summed E-state index contributed by atoms with van der Waals surface area (Å²) in [6, 6.07) is 2.58. The molecule has 0 aromatic heterocycles. The maximum atomic E-state index is 11.3. The van der Waals surface area contributed by atoms with Gasteiger partial charge in [0.25, 0.3) is 0 Å². The van der Waals surface area contributed by atoms with Crippen LogP contribution in [0.5, 0.6) is 11.5 Å². The minimum absolute atomic E-state index is 0. The monoisotopic (exact) mass is 270 g/mol. The Morgan fingerprint density at radius 3 is 2.50 bits per heavy atom. The first-order valence-electron chi connectivity index (χ1n) is 4.76. The summed E-state index contributed by atoms with van der Waals surface area (Å²) in [5.41, 5.74) is -0.0517. The average Bonchev–Trinajstić information content (AvgIpc) is 2.15. The van der Waals surface area contributed by atoms with Gasteiger partial charge in [-0.15, -0.1) is 0 Å². The Balaban J connectivity index is 0.00000144. The number of carbonyl (C=O) groups is 1. The van der Waals surface area contributed by atoms with Crippen LogP contribution in [0.25, 0.3) is 0 Å². The molecule has 0 spiro atoms. The second-order valence-corrected chi connectivity index (χ2v) is 3.75. The molecule has 1 heterocycles. The number of hydrogen-bond donors (Lipinski definition) is 3. The zero-order valence-electron chi connectivity index (χ0n) is 10.2. The average molecular weight is 270 g/mol. The first-order valence-corrected chi connectivity index (χ1v) is 4.76. The summed E-state index contributed by atoms with van der Waals surface area (Å²) in [6.07, 6.45) is 0.257. The third kappa shape index (κ3) is 3.65. The van der Waals surface area contributed by atoms with Crippen molar-refractivity contribution in [3.63, 3.8) is 0 Å². The number of fused-ring (bicyclic) bond motifs is 1. The van der Waals surface area contributed by atoms with Gasteiger partial charge in [0, 0.05) is 0 Å². The third-order valence-corrected chi connectivity index (χ3v) is 2.51. The molecule has 0 radical (unpaired) electrons. The fraction of sp³-hybridized carbons (Fsp3) is 0.222. The van der Waals surface area contributed by atoms with Crippen molar-refractivity contribution in [2.24, 2.45) is 0 Å². The smallest absolute Gasteiger partial charge is 0.872 e. The molecule has 0 amide bonds. The summed E-state index contributed by atoms with van der Waals surface area (Å²) < 4.78 is 4.79. The molecule has 0 unspecified atom stereocenters. The van der Waals surface area contributed by atoms with E-state index >= 15 is 0 Å². The van der Waals surface area contributed by atoms with Gasteiger partial charge in [0.1, 0.15) is 0 Å². The minimum Gasteiger partial charge on any atom is -0.872 e. The van der Waals surface area contributed by atoms with E-state index < -0.39 is 24.0 Å². The largest absolute Gasteiger partial charge is 1.00 e. The van der Waals surface area contributed by atoms with E-state index in [1.165, 1.54) is 6.07 Å². The maximum absolute atomic E-state index is 11.3. The van der Waals surface area contributed by atoms with E-state index in [-0.39, 0.29) is 77.6 Å². The van der Waals surface area contributed by atoms with Crippen molar-refractivity contribution in [2.45, 2.75) is 12.7 Å². The molecule has 0 atom stereocenters. The van der Waals surface area contributed by atoms with Gasteiger partial charge in [0.2, 0.25) is 0 Å². The van der Waals surface area contributed by atoms with Crippen LogP contribution >= 0.6 is 0 Å². The number of carboxylic acids is 1. The number of aromatic carboxylic acids is 1. The predicted octanol–water partition coefficient (Wildman–Crippen LogP) is -6.68. The van der Waals surface area contributed by atoms with Crippen LogP contribution in [-0.2, 0) is 6.42 Å². The first-order chi connectivity index (χ1) is 7.41. The fourth-order valence-corrected chi connectivity index (χ4v) is 1.73. The summed E-state index contributed by atoms with van der Waals surface area (Å²) in [6.45, 7) is -3.06. The Morgan fingerprint density at radius 1 is 1.33 bits per heavy atom. The zero-order valence-corrected chi connectivity index (χ0v) is 14.2. The maximum Gasteiger partial charge on any atom is 1.00 e. The Hall–Kier alpha value is 0.275. The second kappa shape index (κ2) is 6.63. The van der Waals surface area contributed by atoms with E-state index in [0.717, 1.165) is 6.07 Å². The number of aryl methyl sites for hydroxylation is 1. The van der Waals surface area contributed by atoms with Gasteiger partial charge < -0.3 is 24.9 Å². The van der Waals surface area contributed by atoms with Crippen LogP contribution in [0.1, 0.15) is 15.9 Å². The Bertz CT molecular complexity index is 465. The summed E-state index contributed by atoms with van der Waals surface area (Å²) in [5.74, 6) is -2.37. The normalized spacial score (nSPS) is 15.4. The molecule has 9 heteroatoms. The number of carboxylic acid groups (broad SMARTS) is 1. The van der Waals surface area contributed by atoms with Gasteiger partial charge in [-0.2, -0.15) is 0 Å². The van der Waals surface area contributed by atoms with Crippen LogP contribution in [-0.4, -0.2) is 27.9 Å². The number of benzene rings is 1. The molecular weight excluding hydrogens is 261 g/mol. The molecule has 6 nitrogen and oxygen atoms in total. The molecule has 18 heavy (non-hydrogen) atoms. The predicted molar refractivity (Wildman–Crippen MR) is 52.2 cm³/mol. The summed E-state index contributed by atoms with van der Waals surface area (Å²) >= 11 is 0. The third-order valence-electron chi connectivity index (χ3n) is 2.51. The van der Waals surface area contributed by atoms with Crippen LogP contribution in [0.3, 0.4) is 0 Å². The topological polar surface area (TPSA) is 110 Å². The molecule has 0 saturated heterocycles. The standard InChI is InChI=1S/C9H10BO6.2Na/c11-6-2-1-5-3-4-10(14,15)16-8(5)7(6)9(12)13;;/h1-2,11,14-15H,3-4H2,(H,12,13);;/q-1;2*+1/p-1. The van der Waals surface area contributed by atoms with Crippen LogP contribution in [0.4, 0.5) is 0 Å². The molecule has 0 bridgehead atoms. The molecule has 1 aliphatic rings. The van der Waals surface area contributed by atoms with Crippen LogP contribution in [0.2, 0.25) is 6.32 Å².